The van der Waals surface area contributed by atoms with Gasteiger partial charge < -0.3 is 21.0 Å². The lowest BCUT2D eigenvalue weighted by Crippen LogP contribution is -2.15. The number of aromatic amines is 1. The summed E-state index contributed by atoms with van der Waals surface area (Å²) >= 11 is 0. The molecule has 5 N–H and O–H groups in total. The molecule has 1 unspecified atom stereocenters. The van der Waals surface area contributed by atoms with Crippen molar-refractivity contribution < 1.29 is 0 Å². The highest BCUT2D eigenvalue weighted by Gasteiger charge is 2.09. The molecule has 0 aromatic carbocycles. The first-order valence-corrected chi connectivity index (χ1v) is 4.20. The van der Waals surface area contributed by atoms with Crippen LogP contribution in [0.25, 0.3) is 11.2 Å². The highest BCUT2D eigenvalue weighted by atomic mass is 16.1. The van der Waals surface area contributed by atoms with Gasteiger partial charge >= 0.3 is 0 Å². The standard InChI is InChI=1S/C8H11N5O/c1-4(9)13-3-11-7-5(14)2-6(10)12-8(7)13/h2-4H,9H2,1H3,(H3,10,12,14). The maximum atomic E-state index is 11.4. The van der Waals surface area contributed by atoms with Gasteiger partial charge in [-0.2, -0.15) is 0 Å². The van der Waals surface area contributed by atoms with E-state index in [2.05, 4.69) is 9.97 Å². The van der Waals surface area contributed by atoms with Gasteiger partial charge in [-0.05, 0) is 6.92 Å². The largest absolute Gasteiger partial charge is 0.385 e. The number of aromatic nitrogens is 3. The van der Waals surface area contributed by atoms with Gasteiger partial charge in [0.1, 0.15) is 11.5 Å². The first-order valence-electron chi connectivity index (χ1n) is 4.20. The second-order valence-corrected chi connectivity index (χ2v) is 3.18. The molecule has 2 aromatic rings. The molecular weight excluding hydrogens is 182 g/mol. The number of rotatable bonds is 1. The van der Waals surface area contributed by atoms with E-state index in [4.69, 9.17) is 11.5 Å². The van der Waals surface area contributed by atoms with Gasteiger partial charge in [0.05, 0.1) is 12.5 Å². The molecule has 0 aliphatic heterocycles. The van der Waals surface area contributed by atoms with Gasteiger partial charge in [0.15, 0.2) is 5.52 Å². The Labute approximate surface area is 79.5 Å². The number of hydrogen-bond acceptors (Lipinski definition) is 4. The number of hydrogen-bond donors (Lipinski definition) is 3. The summed E-state index contributed by atoms with van der Waals surface area (Å²) < 4.78 is 1.66. The lowest BCUT2D eigenvalue weighted by molar-refractivity contribution is 0.584. The predicted octanol–water partition coefficient (Wildman–Crippen LogP) is -0.216. The molecule has 0 saturated heterocycles. The van der Waals surface area contributed by atoms with Gasteiger partial charge in [-0.25, -0.2) is 4.98 Å². The normalized spacial score (nSPS) is 13.3. The maximum Gasteiger partial charge on any atom is 0.211 e. The number of nitrogens with one attached hydrogen (secondary N) is 1. The molecule has 1 atom stereocenters. The summed E-state index contributed by atoms with van der Waals surface area (Å²) in [6.45, 7) is 1.79. The molecule has 0 aliphatic rings. The molecule has 0 bridgehead atoms. The fourth-order valence-corrected chi connectivity index (χ4v) is 1.36. The Morgan fingerprint density at radius 3 is 3.00 bits per heavy atom. The van der Waals surface area contributed by atoms with Crippen molar-refractivity contribution in [3.05, 3.63) is 22.6 Å². The smallest absolute Gasteiger partial charge is 0.211 e. The van der Waals surface area contributed by atoms with Crippen molar-refractivity contribution in [3.8, 4) is 0 Å². The Kier molecular flexibility index (Phi) is 1.78. The molecule has 2 heterocycles. The Bertz CT molecular complexity index is 524. The number of H-pyrrole nitrogens is 1. The van der Waals surface area contributed by atoms with Crippen molar-refractivity contribution >= 4 is 17.0 Å². The Morgan fingerprint density at radius 1 is 1.64 bits per heavy atom. The van der Waals surface area contributed by atoms with Crippen molar-refractivity contribution in [1.29, 1.82) is 0 Å². The summed E-state index contributed by atoms with van der Waals surface area (Å²) in [5.74, 6) is 0.310. The maximum absolute atomic E-state index is 11.4. The van der Waals surface area contributed by atoms with Gasteiger partial charge in [0.25, 0.3) is 0 Å². The quantitative estimate of drug-likeness (QED) is 0.582. The molecule has 74 valence electrons. The molecule has 14 heavy (non-hydrogen) atoms. The number of nitrogens with zero attached hydrogens (tertiary/aromatic N) is 2. The van der Waals surface area contributed by atoms with Crippen molar-refractivity contribution in [2.24, 2.45) is 5.73 Å². The molecule has 0 amide bonds. The molecule has 0 saturated carbocycles. The van der Waals surface area contributed by atoms with Crippen molar-refractivity contribution in [1.82, 2.24) is 14.5 Å². The van der Waals surface area contributed by atoms with Crippen LogP contribution in [0.2, 0.25) is 0 Å². The molecule has 0 radical (unpaired) electrons. The lowest BCUT2D eigenvalue weighted by Gasteiger charge is -2.07. The second-order valence-electron chi connectivity index (χ2n) is 3.18. The highest BCUT2D eigenvalue weighted by Crippen LogP contribution is 2.10. The number of nitrogen functional groups attached to an aromatic ring is 1. The van der Waals surface area contributed by atoms with Crippen LogP contribution >= 0.6 is 0 Å². The second kappa shape index (κ2) is 2.85. The van der Waals surface area contributed by atoms with Gasteiger partial charge in [-0.3, -0.25) is 4.79 Å². The van der Waals surface area contributed by atoms with Crippen LogP contribution in [0.4, 0.5) is 5.82 Å². The van der Waals surface area contributed by atoms with Crippen LogP contribution in [0.5, 0.6) is 0 Å². The van der Waals surface area contributed by atoms with Crippen LogP contribution in [0.3, 0.4) is 0 Å². The molecule has 2 aromatic heterocycles. The SMILES string of the molecule is CC(N)n1cnc2c(=O)cc(N)[nH]c21. The molecule has 6 nitrogen and oxygen atoms in total. The summed E-state index contributed by atoms with van der Waals surface area (Å²) in [6, 6.07) is 1.31. The van der Waals surface area contributed by atoms with Crippen molar-refractivity contribution in [2.75, 3.05) is 5.73 Å². The molecule has 0 spiro atoms. The molecular formula is C8H11N5O. The first kappa shape index (κ1) is 8.76. The number of anilines is 1. The highest BCUT2D eigenvalue weighted by molar-refractivity contribution is 5.72. The summed E-state index contributed by atoms with van der Waals surface area (Å²) in [5, 5.41) is 0. The van der Waals surface area contributed by atoms with Crippen molar-refractivity contribution in [3.63, 3.8) is 0 Å². The van der Waals surface area contributed by atoms with Crippen LogP contribution in [0, 0.1) is 0 Å². The average molecular weight is 193 g/mol. The van der Waals surface area contributed by atoms with Gasteiger partial charge in [-0.15, -0.1) is 0 Å². The Hall–Kier alpha value is -1.82. The van der Waals surface area contributed by atoms with Crippen LogP contribution in [-0.4, -0.2) is 14.5 Å². The first-order chi connectivity index (χ1) is 6.59. The lowest BCUT2D eigenvalue weighted by atomic mass is 10.4. The number of fused-ring (bicyclic) bond motifs is 1. The zero-order valence-corrected chi connectivity index (χ0v) is 7.69. The zero-order valence-electron chi connectivity index (χ0n) is 7.69. The molecule has 6 heteroatoms. The van der Waals surface area contributed by atoms with E-state index in [1.54, 1.807) is 11.5 Å². The van der Waals surface area contributed by atoms with Crippen molar-refractivity contribution in [2.45, 2.75) is 13.1 Å². The van der Waals surface area contributed by atoms with E-state index in [-0.39, 0.29) is 11.6 Å². The summed E-state index contributed by atoms with van der Waals surface area (Å²) in [5.41, 5.74) is 11.9. The Balaban J connectivity index is 2.85. The topological polar surface area (TPSA) is 103 Å². The predicted molar refractivity (Wildman–Crippen MR) is 53.7 cm³/mol. The number of pyridine rings is 1. The molecule has 2 rings (SSSR count). The fraction of sp³-hybridized carbons (Fsp3) is 0.250. The van der Waals surface area contributed by atoms with Crippen LogP contribution in [0.1, 0.15) is 13.1 Å². The average Bonchev–Trinajstić information content (AvgIpc) is 2.47. The third-order valence-electron chi connectivity index (χ3n) is 2.02. The van der Waals surface area contributed by atoms with Gasteiger partial charge in [0.2, 0.25) is 5.43 Å². The summed E-state index contributed by atoms with van der Waals surface area (Å²) in [4.78, 5) is 18.2. The van der Waals surface area contributed by atoms with Crippen LogP contribution < -0.4 is 16.9 Å². The van der Waals surface area contributed by atoms with E-state index in [1.165, 1.54) is 12.4 Å². The minimum absolute atomic E-state index is 0.198. The van der Waals surface area contributed by atoms with E-state index >= 15 is 0 Å². The van der Waals surface area contributed by atoms with E-state index in [1.807, 2.05) is 0 Å². The molecule has 0 fully saturated rings. The summed E-state index contributed by atoms with van der Waals surface area (Å²) in [6.07, 6.45) is 1.27. The zero-order chi connectivity index (χ0) is 10.3. The summed E-state index contributed by atoms with van der Waals surface area (Å²) in [7, 11) is 0. The van der Waals surface area contributed by atoms with E-state index < -0.39 is 0 Å². The molecule has 0 aliphatic carbocycles. The van der Waals surface area contributed by atoms with Crippen LogP contribution in [-0.2, 0) is 0 Å². The van der Waals surface area contributed by atoms with E-state index in [9.17, 15) is 4.79 Å². The monoisotopic (exact) mass is 193 g/mol. The Morgan fingerprint density at radius 2 is 2.36 bits per heavy atom. The van der Waals surface area contributed by atoms with Gasteiger partial charge in [-0.1, -0.05) is 0 Å². The minimum atomic E-state index is -0.252. The van der Waals surface area contributed by atoms with Crippen LogP contribution in [0.15, 0.2) is 17.2 Å². The minimum Gasteiger partial charge on any atom is -0.385 e. The third kappa shape index (κ3) is 1.16. The number of imidazole rings is 1. The van der Waals surface area contributed by atoms with E-state index in [0.29, 0.717) is 17.0 Å². The fourth-order valence-electron chi connectivity index (χ4n) is 1.36. The van der Waals surface area contributed by atoms with E-state index in [0.717, 1.165) is 0 Å². The van der Waals surface area contributed by atoms with Gasteiger partial charge in [0, 0.05) is 6.07 Å². The number of nitrogens with two attached hydrogens (primary N) is 2. The third-order valence-corrected chi connectivity index (χ3v) is 2.02.